The van der Waals surface area contributed by atoms with E-state index in [1.807, 2.05) is 35.7 Å². The lowest BCUT2D eigenvalue weighted by atomic mass is 10.2. The molecule has 0 aliphatic heterocycles. The van der Waals surface area contributed by atoms with Crippen LogP contribution in [0.15, 0.2) is 31.0 Å². The van der Waals surface area contributed by atoms with Gasteiger partial charge in [-0.3, -0.25) is 4.68 Å². The van der Waals surface area contributed by atoms with E-state index in [1.54, 1.807) is 0 Å². The molecule has 0 radical (unpaired) electrons. The summed E-state index contributed by atoms with van der Waals surface area (Å²) in [6, 6.07) is 1.96. The summed E-state index contributed by atoms with van der Waals surface area (Å²) in [7, 11) is 0. The molecule has 0 atom stereocenters. The molecule has 0 bridgehead atoms. The van der Waals surface area contributed by atoms with Crippen molar-refractivity contribution >= 4 is 0 Å². The smallest absolute Gasteiger partial charge is 0.0948 e. The molecule has 19 heavy (non-hydrogen) atoms. The lowest BCUT2D eigenvalue weighted by Crippen LogP contribution is -2.21. The van der Waals surface area contributed by atoms with E-state index in [0.717, 1.165) is 32.6 Å². The topological polar surface area (TPSA) is 47.7 Å². The van der Waals surface area contributed by atoms with Crippen LogP contribution in [0.25, 0.3) is 0 Å². The maximum absolute atomic E-state index is 4.24. The maximum Gasteiger partial charge on any atom is 0.0948 e. The zero-order chi connectivity index (χ0) is 13.5. The number of nitrogens with one attached hydrogen (secondary N) is 1. The lowest BCUT2D eigenvalue weighted by Gasteiger charge is -2.10. The van der Waals surface area contributed by atoms with Crippen molar-refractivity contribution < 1.29 is 0 Å². The lowest BCUT2D eigenvalue weighted by molar-refractivity contribution is 0.501. The van der Waals surface area contributed by atoms with Crippen molar-refractivity contribution in [3.8, 4) is 0 Å². The Hall–Kier alpha value is -1.62. The molecule has 0 fully saturated rings. The second-order valence-electron chi connectivity index (χ2n) is 5.23. The Morgan fingerprint density at radius 3 is 2.95 bits per heavy atom. The predicted octanol–water partition coefficient (Wildman–Crippen LogP) is 1.92. The fourth-order valence-electron chi connectivity index (χ4n) is 2.02. The molecular formula is C14H23N5. The third-order valence-electron chi connectivity index (χ3n) is 3.00. The molecule has 5 heteroatoms. The predicted molar refractivity (Wildman–Crippen MR) is 75.6 cm³/mol. The first-order valence-corrected chi connectivity index (χ1v) is 6.93. The molecule has 0 saturated carbocycles. The Morgan fingerprint density at radius 2 is 2.21 bits per heavy atom. The quantitative estimate of drug-likeness (QED) is 0.789. The second-order valence-corrected chi connectivity index (χ2v) is 5.23. The molecular weight excluding hydrogens is 238 g/mol. The van der Waals surface area contributed by atoms with Crippen LogP contribution in [0.4, 0.5) is 0 Å². The van der Waals surface area contributed by atoms with Gasteiger partial charge in [-0.2, -0.15) is 5.10 Å². The minimum absolute atomic E-state index is 0.677. The van der Waals surface area contributed by atoms with Crippen molar-refractivity contribution in [1.29, 1.82) is 0 Å². The average molecular weight is 261 g/mol. The van der Waals surface area contributed by atoms with Gasteiger partial charge in [-0.25, -0.2) is 4.98 Å². The van der Waals surface area contributed by atoms with Crippen LogP contribution in [0.2, 0.25) is 0 Å². The van der Waals surface area contributed by atoms with Gasteiger partial charge < -0.3 is 9.88 Å². The number of hydrogen-bond donors (Lipinski definition) is 1. The molecule has 0 amide bonds. The van der Waals surface area contributed by atoms with Crippen LogP contribution >= 0.6 is 0 Å². The Bertz CT molecular complexity index is 458. The minimum Gasteiger partial charge on any atom is -0.333 e. The van der Waals surface area contributed by atoms with Crippen molar-refractivity contribution in [2.75, 3.05) is 6.54 Å². The van der Waals surface area contributed by atoms with Crippen molar-refractivity contribution in [2.24, 2.45) is 5.92 Å². The van der Waals surface area contributed by atoms with Gasteiger partial charge in [0.25, 0.3) is 0 Å². The zero-order valence-electron chi connectivity index (χ0n) is 11.8. The average Bonchev–Trinajstić information content (AvgIpc) is 3.01. The largest absolute Gasteiger partial charge is 0.333 e. The van der Waals surface area contributed by atoms with Crippen molar-refractivity contribution in [2.45, 2.75) is 39.9 Å². The molecule has 2 aromatic rings. The number of rotatable bonds is 8. The number of aromatic nitrogens is 4. The van der Waals surface area contributed by atoms with Crippen molar-refractivity contribution in [3.05, 3.63) is 36.7 Å². The van der Waals surface area contributed by atoms with Crippen LogP contribution in [0.5, 0.6) is 0 Å². The van der Waals surface area contributed by atoms with Crippen LogP contribution < -0.4 is 5.32 Å². The molecule has 0 aliphatic rings. The van der Waals surface area contributed by atoms with Crippen LogP contribution in [0, 0.1) is 5.92 Å². The number of aryl methyl sites for hydroxylation is 2. The Labute approximate surface area is 114 Å². The maximum atomic E-state index is 4.24. The summed E-state index contributed by atoms with van der Waals surface area (Å²) in [5.41, 5.74) is 1.25. The van der Waals surface area contributed by atoms with Crippen molar-refractivity contribution in [3.63, 3.8) is 0 Å². The minimum atomic E-state index is 0.677. The highest BCUT2D eigenvalue weighted by atomic mass is 15.3. The standard InChI is InChI=1S/C14H23N5/c1-13(2)9-15-10-14-11-16-12-18(14)6-4-8-19-7-3-5-17-19/h3,5,7,11-13,15H,4,6,8-10H2,1-2H3. The fourth-order valence-corrected chi connectivity index (χ4v) is 2.02. The Morgan fingerprint density at radius 1 is 1.32 bits per heavy atom. The Balaban J connectivity index is 1.75. The highest BCUT2D eigenvalue weighted by Gasteiger charge is 2.02. The third-order valence-corrected chi connectivity index (χ3v) is 3.00. The van der Waals surface area contributed by atoms with Gasteiger partial charge in [0.2, 0.25) is 0 Å². The van der Waals surface area contributed by atoms with Gasteiger partial charge in [0, 0.05) is 38.2 Å². The molecule has 104 valence electrons. The summed E-state index contributed by atoms with van der Waals surface area (Å²) in [4.78, 5) is 4.24. The number of hydrogen-bond acceptors (Lipinski definition) is 3. The molecule has 0 aromatic carbocycles. The summed E-state index contributed by atoms with van der Waals surface area (Å²) in [5.74, 6) is 0.677. The molecule has 1 N–H and O–H groups in total. The van der Waals surface area contributed by atoms with Gasteiger partial charge in [-0.1, -0.05) is 13.8 Å². The van der Waals surface area contributed by atoms with E-state index < -0.39 is 0 Å². The van der Waals surface area contributed by atoms with E-state index in [1.165, 1.54) is 5.69 Å². The third kappa shape index (κ3) is 4.52. The normalized spacial score (nSPS) is 11.3. The number of nitrogens with zero attached hydrogens (tertiary/aromatic N) is 4. The van der Waals surface area contributed by atoms with Gasteiger partial charge in [0.1, 0.15) is 0 Å². The first-order valence-electron chi connectivity index (χ1n) is 6.93. The molecule has 5 nitrogen and oxygen atoms in total. The highest BCUT2D eigenvalue weighted by Crippen LogP contribution is 2.02. The van der Waals surface area contributed by atoms with E-state index in [0.29, 0.717) is 5.92 Å². The van der Waals surface area contributed by atoms with E-state index in [4.69, 9.17) is 0 Å². The van der Waals surface area contributed by atoms with Crippen LogP contribution in [-0.4, -0.2) is 25.9 Å². The first kappa shape index (κ1) is 13.8. The first-order chi connectivity index (χ1) is 9.25. The van der Waals surface area contributed by atoms with Crippen LogP contribution in [-0.2, 0) is 19.6 Å². The summed E-state index contributed by atoms with van der Waals surface area (Å²) >= 11 is 0. The molecule has 2 heterocycles. The monoisotopic (exact) mass is 261 g/mol. The zero-order valence-corrected chi connectivity index (χ0v) is 11.8. The van der Waals surface area contributed by atoms with Crippen LogP contribution in [0.1, 0.15) is 26.0 Å². The van der Waals surface area contributed by atoms with E-state index in [9.17, 15) is 0 Å². The fraction of sp³-hybridized carbons (Fsp3) is 0.571. The van der Waals surface area contributed by atoms with Gasteiger partial charge in [-0.05, 0) is 24.9 Å². The van der Waals surface area contributed by atoms with Gasteiger partial charge in [-0.15, -0.1) is 0 Å². The number of imidazole rings is 1. The molecule has 0 saturated heterocycles. The van der Waals surface area contributed by atoms with E-state index in [2.05, 4.69) is 33.8 Å². The van der Waals surface area contributed by atoms with E-state index >= 15 is 0 Å². The second kappa shape index (κ2) is 7.09. The summed E-state index contributed by atoms with van der Waals surface area (Å²) in [6.07, 6.45) is 8.74. The molecule has 2 rings (SSSR count). The summed E-state index contributed by atoms with van der Waals surface area (Å²) in [6.45, 7) is 8.30. The summed E-state index contributed by atoms with van der Waals surface area (Å²) < 4.78 is 4.18. The Kier molecular flexibility index (Phi) is 5.15. The highest BCUT2D eigenvalue weighted by molar-refractivity contribution is 4.97. The molecule has 0 unspecified atom stereocenters. The SMILES string of the molecule is CC(C)CNCc1cncn1CCCn1cccn1. The van der Waals surface area contributed by atoms with Gasteiger partial charge in [0.15, 0.2) is 0 Å². The molecule has 0 aliphatic carbocycles. The van der Waals surface area contributed by atoms with Gasteiger partial charge >= 0.3 is 0 Å². The van der Waals surface area contributed by atoms with E-state index in [-0.39, 0.29) is 0 Å². The van der Waals surface area contributed by atoms with Crippen LogP contribution in [0.3, 0.4) is 0 Å². The molecule has 0 spiro atoms. The summed E-state index contributed by atoms with van der Waals surface area (Å²) in [5, 5.41) is 7.66. The molecule has 2 aromatic heterocycles. The van der Waals surface area contributed by atoms with Crippen molar-refractivity contribution in [1.82, 2.24) is 24.6 Å². The van der Waals surface area contributed by atoms with Gasteiger partial charge in [0.05, 0.1) is 12.0 Å².